The van der Waals surface area contributed by atoms with E-state index < -0.39 is 0 Å². The summed E-state index contributed by atoms with van der Waals surface area (Å²) in [5.74, 6) is 2.27. The van der Waals surface area contributed by atoms with Crippen molar-refractivity contribution in [3.8, 4) is 5.75 Å². The number of aromatic nitrogens is 2. The van der Waals surface area contributed by atoms with Gasteiger partial charge in [0.05, 0.1) is 19.7 Å². The van der Waals surface area contributed by atoms with E-state index in [9.17, 15) is 0 Å². The molecule has 0 saturated heterocycles. The summed E-state index contributed by atoms with van der Waals surface area (Å²) in [6.45, 7) is 2.71. The molecule has 1 saturated carbocycles. The monoisotopic (exact) mass is 328 g/mol. The number of benzene rings is 1. The molecule has 2 N–H and O–H groups in total. The smallest absolute Gasteiger partial charge is 0.240 e. The summed E-state index contributed by atoms with van der Waals surface area (Å²) >= 11 is 0. The number of hydrogen-bond acceptors (Lipinski definition) is 6. The molecule has 6 heteroatoms. The highest BCUT2D eigenvalue weighted by molar-refractivity contribution is 5.39. The molecular formula is C18H24N4O2. The number of ether oxygens (including phenoxy) is 1. The fraction of sp³-hybridized carbons (Fsp3) is 0.556. The van der Waals surface area contributed by atoms with Crippen LogP contribution in [-0.4, -0.2) is 27.7 Å². The Labute approximate surface area is 142 Å². The van der Waals surface area contributed by atoms with Crippen LogP contribution in [0.2, 0.25) is 0 Å². The van der Waals surface area contributed by atoms with Crippen LogP contribution >= 0.6 is 0 Å². The molecule has 1 aromatic carbocycles. The van der Waals surface area contributed by atoms with Gasteiger partial charge in [0.1, 0.15) is 5.75 Å². The predicted octanol–water partition coefficient (Wildman–Crippen LogP) is 2.41. The van der Waals surface area contributed by atoms with Crippen molar-refractivity contribution in [1.29, 1.82) is 0 Å². The van der Waals surface area contributed by atoms with E-state index in [-0.39, 0.29) is 0 Å². The van der Waals surface area contributed by atoms with Crippen LogP contribution in [0.3, 0.4) is 0 Å². The topological polar surface area (TPSA) is 77.4 Å². The maximum Gasteiger partial charge on any atom is 0.240 e. The lowest BCUT2D eigenvalue weighted by molar-refractivity contribution is 0.174. The molecule has 2 aromatic rings. The third-order valence-corrected chi connectivity index (χ3v) is 5.01. The maximum absolute atomic E-state index is 5.61. The number of nitrogens with zero attached hydrogens (tertiary/aromatic N) is 3. The average molecular weight is 328 g/mol. The summed E-state index contributed by atoms with van der Waals surface area (Å²) in [4.78, 5) is 6.86. The van der Waals surface area contributed by atoms with Gasteiger partial charge in [0.2, 0.25) is 5.89 Å². The normalized spacial score (nSPS) is 17.4. The summed E-state index contributed by atoms with van der Waals surface area (Å²) in [6, 6.07) is 7.15. The Bertz CT molecular complexity index is 694. The van der Waals surface area contributed by atoms with Gasteiger partial charge in [0.25, 0.3) is 0 Å². The molecule has 0 spiro atoms. The van der Waals surface area contributed by atoms with E-state index in [1.54, 1.807) is 0 Å². The Morgan fingerprint density at radius 1 is 1.21 bits per heavy atom. The summed E-state index contributed by atoms with van der Waals surface area (Å²) < 4.78 is 10.8. The quantitative estimate of drug-likeness (QED) is 0.877. The Morgan fingerprint density at radius 3 is 2.88 bits per heavy atom. The van der Waals surface area contributed by atoms with Crippen LogP contribution in [0.4, 0.5) is 0 Å². The highest BCUT2D eigenvalue weighted by Crippen LogP contribution is 2.29. The van der Waals surface area contributed by atoms with Crippen molar-refractivity contribution in [2.75, 3.05) is 6.61 Å². The van der Waals surface area contributed by atoms with Gasteiger partial charge in [-0.2, -0.15) is 4.98 Å². The van der Waals surface area contributed by atoms with Gasteiger partial charge in [-0.15, -0.1) is 0 Å². The summed E-state index contributed by atoms with van der Waals surface area (Å²) in [5.41, 5.74) is 8.22. The highest BCUT2D eigenvalue weighted by Gasteiger charge is 2.25. The lowest BCUT2D eigenvalue weighted by atomic mass is 10.1. The molecule has 2 heterocycles. The van der Waals surface area contributed by atoms with Gasteiger partial charge in [0.15, 0.2) is 5.82 Å². The third-order valence-electron chi connectivity index (χ3n) is 5.01. The first kappa shape index (κ1) is 15.6. The molecule has 0 unspecified atom stereocenters. The van der Waals surface area contributed by atoms with Crippen molar-refractivity contribution >= 4 is 0 Å². The van der Waals surface area contributed by atoms with Crippen molar-refractivity contribution in [1.82, 2.24) is 15.0 Å². The fourth-order valence-electron chi connectivity index (χ4n) is 3.78. The van der Waals surface area contributed by atoms with Gasteiger partial charge in [-0.1, -0.05) is 30.1 Å². The second-order valence-electron chi connectivity index (χ2n) is 6.69. The summed E-state index contributed by atoms with van der Waals surface area (Å²) in [6.07, 6.45) is 6.11. The second kappa shape index (κ2) is 6.91. The molecule has 0 amide bonds. The van der Waals surface area contributed by atoms with Crippen molar-refractivity contribution < 1.29 is 9.26 Å². The first-order chi connectivity index (χ1) is 11.8. The standard InChI is InChI=1S/C18H24N4O2/c19-10-18-20-17(21-24-18)12-22(15-3-1-2-4-15)11-13-5-6-16-14(9-13)7-8-23-16/h5-6,9,15H,1-4,7-8,10-12,19H2. The molecular weight excluding hydrogens is 304 g/mol. The lowest BCUT2D eigenvalue weighted by Gasteiger charge is -2.27. The molecule has 4 rings (SSSR count). The van der Waals surface area contributed by atoms with Crippen LogP contribution in [0.1, 0.15) is 48.5 Å². The number of hydrogen-bond donors (Lipinski definition) is 1. The molecule has 1 aliphatic carbocycles. The van der Waals surface area contributed by atoms with E-state index >= 15 is 0 Å². The van der Waals surface area contributed by atoms with Gasteiger partial charge < -0.3 is 15.0 Å². The zero-order chi connectivity index (χ0) is 16.4. The Kier molecular flexibility index (Phi) is 4.49. The summed E-state index contributed by atoms with van der Waals surface area (Å²) in [7, 11) is 0. The molecule has 1 aliphatic heterocycles. The van der Waals surface area contributed by atoms with Crippen LogP contribution in [-0.2, 0) is 26.1 Å². The minimum atomic E-state index is 0.293. The van der Waals surface area contributed by atoms with Crippen molar-refractivity contribution in [2.24, 2.45) is 5.73 Å². The van der Waals surface area contributed by atoms with E-state index in [4.69, 9.17) is 15.0 Å². The molecule has 0 bridgehead atoms. The average Bonchev–Trinajstić information content (AvgIpc) is 3.34. The molecule has 1 aromatic heterocycles. The molecule has 128 valence electrons. The first-order valence-electron chi connectivity index (χ1n) is 8.82. The van der Waals surface area contributed by atoms with Gasteiger partial charge >= 0.3 is 0 Å². The molecule has 0 radical (unpaired) electrons. The second-order valence-corrected chi connectivity index (χ2v) is 6.69. The van der Waals surface area contributed by atoms with Gasteiger partial charge in [-0.05, 0) is 30.0 Å². The SMILES string of the molecule is NCc1nc(CN(Cc2ccc3c(c2)CCO3)C2CCCC2)no1. The van der Waals surface area contributed by atoms with E-state index in [1.165, 1.54) is 36.8 Å². The van der Waals surface area contributed by atoms with Gasteiger partial charge in [-0.3, -0.25) is 4.90 Å². The Balaban J connectivity index is 1.51. The number of fused-ring (bicyclic) bond motifs is 1. The van der Waals surface area contributed by atoms with Crippen molar-refractivity contribution in [3.05, 3.63) is 41.0 Å². The van der Waals surface area contributed by atoms with Crippen molar-refractivity contribution in [2.45, 2.75) is 57.8 Å². The third kappa shape index (κ3) is 3.30. The Hall–Kier alpha value is -1.92. The number of rotatable bonds is 6. The zero-order valence-electron chi connectivity index (χ0n) is 13.9. The van der Waals surface area contributed by atoms with Crippen LogP contribution in [0.5, 0.6) is 5.75 Å². The molecule has 0 atom stereocenters. The van der Waals surface area contributed by atoms with Crippen LogP contribution < -0.4 is 10.5 Å². The van der Waals surface area contributed by atoms with Crippen LogP contribution in [0.15, 0.2) is 22.7 Å². The van der Waals surface area contributed by atoms with Crippen molar-refractivity contribution in [3.63, 3.8) is 0 Å². The maximum atomic E-state index is 5.61. The minimum Gasteiger partial charge on any atom is -0.493 e. The summed E-state index contributed by atoms with van der Waals surface area (Å²) in [5, 5.41) is 4.07. The minimum absolute atomic E-state index is 0.293. The van der Waals surface area contributed by atoms with E-state index in [0.717, 1.165) is 31.1 Å². The number of nitrogens with two attached hydrogens (primary N) is 1. The first-order valence-corrected chi connectivity index (χ1v) is 8.82. The Morgan fingerprint density at radius 2 is 2.08 bits per heavy atom. The highest BCUT2D eigenvalue weighted by atomic mass is 16.5. The fourth-order valence-corrected chi connectivity index (χ4v) is 3.78. The zero-order valence-corrected chi connectivity index (χ0v) is 13.9. The predicted molar refractivity (Wildman–Crippen MR) is 89.3 cm³/mol. The van der Waals surface area contributed by atoms with Gasteiger partial charge in [-0.25, -0.2) is 0 Å². The molecule has 24 heavy (non-hydrogen) atoms. The van der Waals surface area contributed by atoms with E-state index in [2.05, 4.69) is 33.2 Å². The molecule has 1 fully saturated rings. The largest absolute Gasteiger partial charge is 0.493 e. The van der Waals surface area contributed by atoms with Gasteiger partial charge in [0, 0.05) is 19.0 Å². The van der Waals surface area contributed by atoms with E-state index in [0.29, 0.717) is 25.0 Å². The molecule has 2 aliphatic rings. The van der Waals surface area contributed by atoms with Crippen LogP contribution in [0.25, 0.3) is 0 Å². The van der Waals surface area contributed by atoms with E-state index in [1.807, 2.05) is 0 Å². The molecule has 6 nitrogen and oxygen atoms in total. The lowest BCUT2D eigenvalue weighted by Crippen LogP contribution is -2.32. The van der Waals surface area contributed by atoms with Crippen LogP contribution in [0, 0.1) is 0 Å².